The van der Waals surface area contributed by atoms with E-state index in [9.17, 15) is 0 Å². The van der Waals surface area contributed by atoms with Gasteiger partial charge in [0.25, 0.3) is 0 Å². The molecule has 1 aliphatic rings. The van der Waals surface area contributed by atoms with Crippen LogP contribution in [0.3, 0.4) is 0 Å². The molecule has 1 N–H and O–H groups in total. The van der Waals surface area contributed by atoms with Crippen LogP contribution < -0.4 is 5.32 Å². The van der Waals surface area contributed by atoms with Gasteiger partial charge in [-0.05, 0) is 56.2 Å². The summed E-state index contributed by atoms with van der Waals surface area (Å²) in [4.78, 5) is 3.12. The smallest absolute Gasteiger partial charge is 0.00541 e. The number of hydrogen-bond acceptors (Lipinski definition) is 2. The highest BCUT2D eigenvalue weighted by molar-refractivity contribution is 7.11. The minimum Gasteiger partial charge on any atom is -0.316 e. The first-order chi connectivity index (χ1) is 7.78. The van der Waals surface area contributed by atoms with Crippen LogP contribution in [-0.4, -0.2) is 13.1 Å². The average molecular weight is 237 g/mol. The molecule has 0 aliphatic heterocycles. The second-order valence-corrected chi connectivity index (χ2v) is 6.33. The van der Waals surface area contributed by atoms with Crippen molar-refractivity contribution >= 4 is 11.3 Å². The van der Waals surface area contributed by atoms with E-state index in [1.165, 1.54) is 50.1 Å². The minimum atomic E-state index is 0.616. The highest BCUT2D eigenvalue weighted by atomic mass is 32.1. The van der Waals surface area contributed by atoms with E-state index < -0.39 is 0 Å². The van der Waals surface area contributed by atoms with Crippen molar-refractivity contribution in [3.8, 4) is 0 Å². The fourth-order valence-electron chi connectivity index (χ4n) is 2.20. The zero-order valence-electron chi connectivity index (χ0n) is 10.5. The van der Waals surface area contributed by atoms with Crippen molar-refractivity contribution in [2.75, 3.05) is 13.1 Å². The first kappa shape index (κ1) is 12.1. The first-order valence-corrected chi connectivity index (χ1v) is 7.38. The molecule has 0 amide bonds. The summed E-state index contributed by atoms with van der Waals surface area (Å²) in [5, 5.41) is 3.58. The number of nitrogens with one attached hydrogen (secondary N) is 1. The molecule has 16 heavy (non-hydrogen) atoms. The molecular formula is C14H23NS. The summed E-state index contributed by atoms with van der Waals surface area (Å²) in [6.07, 6.45) is 6.57. The Morgan fingerprint density at radius 2 is 2.00 bits per heavy atom. The van der Waals surface area contributed by atoms with Gasteiger partial charge in [0.1, 0.15) is 0 Å². The summed E-state index contributed by atoms with van der Waals surface area (Å²) in [7, 11) is 0. The predicted octanol–water partition coefficient (Wildman–Crippen LogP) is 3.63. The van der Waals surface area contributed by atoms with Crippen molar-refractivity contribution in [2.24, 2.45) is 5.41 Å². The molecule has 2 rings (SSSR count). The molecule has 2 heteroatoms. The lowest BCUT2D eigenvalue weighted by Gasteiger charge is -2.14. The molecule has 1 nitrogen and oxygen atoms in total. The van der Waals surface area contributed by atoms with Crippen LogP contribution in [0.1, 0.15) is 42.9 Å². The molecule has 1 saturated carbocycles. The van der Waals surface area contributed by atoms with Gasteiger partial charge in [0, 0.05) is 16.3 Å². The number of thiophene rings is 1. The topological polar surface area (TPSA) is 12.0 Å². The standard InChI is InChI=1S/C14H23NS/c1-3-9-15-11-14(7-8-14)10-13-6-5-12(4-2)16-13/h5-6,15H,3-4,7-11H2,1-2H3. The summed E-state index contributed by atoms with van der Waals surface area (Å²) < 4.78 is 0. The Balaban J connectivity index is 1.83. The molecule has 0 unspecified atom stereocenters. The van der Waals surface area contributed by atoms with Gasteiger partial charge in [-0.2, -0.15) is 0 Å². The summed E-state index contributed by atoms with van der Waals surface area (Å²) in [5.41, 5.74) is 0.616. The zero-order chi connectivity index (χ0) is 11.4. The van der Waals surface area contributed by atoms with Crippen LogP contribution >= 0.6 is 11.3 Å². The summed E-state index contributed by atoms with van der Waals surface area (Å²) >= 11 is 2.01. The van der Waals surface area contributed by atoms with Crippen molar-refractivity contribution in [1.29, 1.82) is 0 Å². The number of hydrogen-bond donors (Lipinski definition) is 1. The molecule has 1 heterocycles. The Labute approximate surface area is 103 Å². The van der Waals surface area contributed by atoms with E-state index in [2.05, 4.69) is 31.3 Å². The zero-order valence-corrected chi connectivity index (χ0v) is 11.3. The molecule has 90 valence electrons. The normalized spacial score (nSPS) is 17.6. The van der Waals surface area contributed by atoms with Crippen molar-refractivity contribution in [1.82, 2.24) is 5.32 Å². The van der Waals surface area contributed by atoms with Gasteiger partial charge in [-0.25, -0.2) is 0 Å². The molecular weight excluding hydrogens is 214 g/mol. The fraction of sp³-hybridized carbons (Fsp3) is 0.714. The van der Waals surface area contributed by atoms with Crippen molar-refractivity contribution < 1.29 is 0 Å². The first-order valence-electron chi connectivity index (χ1n) is 6.56. The van der Waals surface area contributed by atoms with E-state index in [-0.39, 0.29) is 0 Å². The molecule has 0 bridgehead atoms. The lowest BCUT2D eigenvalue weighted by Crippen LogP contribution is -2.25. The van der Waals surface area contributed by atoms with E-state index in [0.717, 1.165) is 0 Å². The maximum atomic E-state index is 3.58. The second-order valence-electron chi connectivity index (χ2n) is 5.08. The second kappa shape index (κ2) is 5.33. The predicted molar refractivity (Wildman–Crippen MR) is 72.2 cm³/mol. The van der Waals surface area contributed by atoms with Crippen molar-refractivity contribution in [2.45, 2.75) is 46.0 Å². The molecule has 0 spiro atoms. The summed E-state index contributed by atoms with van der Waals surface area (Å²) in [6.45, 7) is 6.87. The molecule has 1 aromatic heterocycles. The van der Waals surface area contributed by atoms with Crippen molar-refractivity contribution in [3.05, 3.63) is 21.9 Å². The molecule has 1 aromatic rings. The van der Waals surface area contributed by atoms with Gasteiger partial charge in [-0.1, -0.05) is 13.8 Å². The minimum absolute atomic E-state index is 0.616. The van der Waals surface area contributed by atoms with Gasteiger partial charge in [-0.15, -0.1) is 11.3 Å². The highest BCUT2D eigenvalue weighted by Gasteiger charge is 2.42. The van der Waals surface area contributed by atoms with Crippen LogP contribution in [-0.2, 0) is 12.8 Å². The maximum absolute atomic E-state index is 3.58. The Morgan fingerprint density at radius 3 is 2.56 bits per heavy atom. The van der Waals surface area contributed by atoms with Crippen LogP contribution in [0.2, 0.25) is 0 Å². The van der Waals surface area contributed by atoms with E-state index in [1.807, 2.05) is 11.3 Å². The Bertz CT molecular complexity index is 325. The molecule has 1 fully saturated rings. The molecule has 0 radical (unpaired) electrons. The Morgan fingerprint density at radius 1 is 1.25 bits per heavy atom. The monoisotopic (exact) mass is 237 g/mol. The molecule has 0 saturated heterocycles. The SMILES string of the molecule is CCCNCC1(Cc2ccc(CC)s2)CC1. The van der Waals surface area contributed by atoms with Crippen LogP contribution in [0.25, 0.3) is 0 Å². The van der Waals surface area contributed by atoms with E-state index in [1.54, 1.807) is 4.88 Å². The number of rotatable bonds is 7. The Hall–Kier alpha value is -0.340. The van der Waals surface area contributed by atoms with E-state index in [4.69, 9.17) is 0 Å². The van der Waals surface area contributed by atoms with E-state index >= 15 is 0 Å². The van der Waals surface area contributed by atoms with Crippen LogP contribution in [0.5, 0.6) is 0 Å². The third-order valence-corrected chi connectivity index (χ3v) is 4.73. The quantitative estimate of drug-likeness (QED) is 0.714. The lowest BCUT2D eigenvalue weighted by molar-refractivity contribution is 0.458. The fourth-order valence-corrected chi connectivity index (χ4v) is 3.33. The van der Waals surface area contributed by atoms with Gasteiger partial charge < -0.3 is 5.32 Å². The number of aryl methyl sites for hydroxylation is 1. The largest absolute Gasteiger partial charge is 0.316 e. The summed E-state index contributed by atoms with van der Waals surface area (Å²) in [5.74, 6) is 0. The van der Waals surface area contributed by atoms with Gasteiger partial charge in [0.15, 0.2) is 0 Å². The van der Waals surface area contributed by atoms with Gasteiger partial charge in [0.05, 0.1) is 0 Å². The Kier molecular flexibility index (Phi) is 4.04. The average Bonchev–Trinajstić information content (AvgIpc) is 2.89. The van der Waals surface area contributed by atoms with Crippen LogP contribution in [0, 0.1) is 5.41 Å². The van der Waals surface area contributed by atoms with Crippen molar-refractivity contribution in [3.63, 3.8) is 0 Å². The third-order valence-electron chi connectivity index (χ3n) is 3.50. The van der Waals surface area contributed by atoms with E-state index in [0.29, 0.717) is 5.41 Å². The highest BCUT2D eigenvalue weighted by Crippen LogP contribution is 2.48. The summed E-state index contributed by atoms with van der Waals surface area (Å²) in [6, 6.07) is 4.64. The lowest BCUT2D eigenvalue weighted by atomic mass is 10.0. The van der Waals surface area contributed by atoms with Gasteiger partial charge >= 0.3 is 0 Å². The molecule has 0 aromatic carbocycles. The molecule has 1 aliphatic carbocycles. The van der Waals surface area contributed by atoms with Crippen LogP contribution in [0.4, 0.5) is 0 Å². The molecule has 0 atom stereocenters. The van der Waals surface area contributed by atoms with Gasteiger partial charge in [0.2, 0.25) is 0 Å². The maximum Gasteiger partial charge on any atom is 0.00541 e. The van der Waals surface area contributed by atoms with Gasteiger partial charge in [-0.3, -0.25) is 0 Å². The third kappa shape index (κ3) is 3.08. The van der Waals surface area contributed by atoms with Crippen LogP contribution in [0.15, 0.2) is 12.1 Å².